The standard InChI is InChI=1S/C23H23N5O6S2/c1-3-33-20-8-12-22(13-9-20)35(29,30)28(19-7-5-6-18(16-19)27-17-24-25-26-27)36(31,32)23-14-10-21(11-15-23)34-4-2/h5-17H,3-4H2,1-2H3. The summed E-state index contributed by atoms with van der Waals surface area (Å²) in [6.45, 7) is 4.39. The first kappa shape index (κ1) is 25.1. The van der Waals surface area contributed by atoms with Crippen LogP contribution in [-0.4, -0.2) is 50.3 Å². The van der Waals surface area contributed by atoms with Crippen LogP contribution in [0, 0.1) is 0 Å². The van der Waals surface area contributed by atoms with Crippen molar-refractivity contribution in [2.75, 3.05) is 16.9 Å². The lowest BCUT2D eigenvalue weighted by Crippen LogP contribution is -2.37. The fourth-order valence-corrected chi connectivity index (χ4v) is 7.05. The van der Waals surface area contributed by atoms with E-state index in [4.69, 9.17) is 9.47 Å². The van der Waals surface area contributed by atoms with Crippen molar-refractivity contribution in [2.24, 2.45) is 0 Å². The Bertz CT molecular complexity index is 1440. The molecule has 188 valence electrons. The average molecular weight is 530 g/mol. The second-order valence-electron chi connectivity index (χ2n) is 7.29. The highest BCUT2D eigenvalue weighted by atomic mass is 32.3. The molecule has 0 unspecified atom stereocenters. The molecule has 0 aliphatic carbocycles. The summed E-state index contributed by atoms with van der Waals surface area (Å²) in [4.78, 5) is -0.457. The Morgan fingerprint density at radius 1 is 0.778 bits per heavy atom. The number of rotatable bonds is 10. The molecule has 4 rings (SSSR count). The van der Waals surface area contributed by atoms with E-state index in [9.17, 15) is 16.8 Å². The SMILES string of the molecule is CCOc1ccc(S(=O)(=O)N(c2cccc(-n3cnnn3)c2)S(=O)(=O)c2ccc(OCC)cc2)cc1. The second kappa shape index (κ2) is 10.3. The quantitative estimate of drug-likeness (QED) is 0.304. The van der Waals surface area contributed by atoms with E-state index in [1.807, 2.05) is 0 Å². The van der Waals surface area contributed by atoms with Gasteiger partial charge >= 0.3 is 0 Å². The number of ether oxygens (including phenoxy) is 2. The normalized spacial score (nSPS) is 11.7. The van der Waals surface area contributed by atoms with E-state index < -0.39 is 20.0 Å². The molecule has 13 heteroatoms. The summed E-state index contributed by atoms with van der Waals surface area (Å²) in [7, 11) is -9.20. The fourth-order valence-electron chi connectivity index (χ4n) is 3.38. The predicted octanol–water partition coefficient (Wildman–Crippen LogP) is 3.04. The monoisotopic (exact) mass is 529 g/mol. The van der Waals surface area contributed by atoms with Crippen LogP contribution in [0.2, 0.25) is 0 Å². The maximum Gasteiger partial charge on any atom is 0.277 e. The highest BCUT2D eigenvalue weighted by molar-refractivity contribution is 8.10. The van der Waals surface area contributed by atoms with Crippen LogP contribution in [0.4, 0.5) is 5.69 Å². The minimum Gasteiger partial charge on any atom is -0.494 e. The maximum atomic E-state index is 13.8. The third-order valence-electron chi connectivity index (χ3n) is 4.96. The molecule has 0 bridgehead atoms. The van der Waals surface area contributed by atoms with Crippen molar-refractivity contribution >= 4 is 25.7 Å². The fraction of sp³-hybridized carbons (Fsp3) is 0.174. The molecule has 36 heavy (non-hydrogen) atoms. The summed E-state index contributed by atoms with van der Waals surface area (Å²) in [5.41, 5.74) is 0.247. The van der Waals surface area contributed by atoms with Crippen molar-refractivity contribution in [1.29, 1.82) is 0 Å². The summed E-state index contributed by atoms with van der Waals surface area (Å²) in [6, 6.07) is 16.9. The molecule has 0 spiro atoms. The van der Waals surface area contributed by atoms with Crippen molar-refractivity contribution in [2.45, 2.75) is 23.6 Å². The van der Waals surface area contributed by atoms with Gasteiger partial charge in [-0.3, -0.25) is 0 Å². The van der Waals surface area contributed by atoms with Crippen LogP contribution in [-0.2, 0) is 20.0 Å². The van der Waals surface area contributed by atoms with Gasteiger partial charge in [-0.25, -0.2) is 21.5 Å². The smallest absolute Gasteiger partial charge is 0.277 e. The molecule has 0 saturated carbocycles. The van der Waals surface area contributed by atoms with E-state index >= 15 is 0 Å². The van der Waals surface area contributed by atoms with Gasteiger partial charge in [0.05, 0.1) is 34.4 Å². The number of tetrazole rings is 1. The molecule has 4 aromatic rings. The molecule has 0 radical (unpaired) electrons. The van der Waals surface area contributed by atoms with Gasteiger partial charge in [0.2, 0.25) is 0 Å². The number of sulfonamides is 2. The molecule has 0 aliphatic heterocycles. The average Bonchev–Trinajstić information content (AvgIpc) is 3.40. The minimum atomic E-state index is -4.60. The van der Waals surface area contributed by atoms with E-state index in [-0.39, 0.29) is 15.5 Å². The van der Waals surface area contributed by atoms with Gasteiger partial charge in [-0.15, -0.1) is 5.10 Å². The largest absolute Gasteiger partial charge is 0.494 e. The van der Waals surface area contributed by atoms with Gasteiger partial charge in [-0.2, -0.15) is 3.71 Å². The third kappa shape index (κ3) is 5.02. The van der Waals surface area contributed by atoms with Crippen LogP contribution in [0.15, 0.2) is 88.9 Å². The third-order valence-corrected chi connectivity index (χ3v) is 9.16. The van der Waals surface area contributed by atoms with Crippen LogP contribution in [0.3, 0.4) is 0 Å². The first-order valence-electron chi connectivity index (χ1n) is 10.9. The number of benzene rings is 3. The van der Waals surface area contributed by atoms with Crippen LogP contribution in [0.25, 0.3) is 5.69 Å². The highest BCUT2D eigenvalue weighted by Gasteiger charge is 2.37. The summed E-state index contributed by atoms with van der Waals surface area (Å²) in [5.74, 6) is 0.913. The predicted molar refractivity (Wildman–Crippen MR) is 131 cm³/mol. The van der Waals surface area contributed by atoms with Crippen molar-refractivity contribution in [3.8, 4) is 17.2 Å². The molecule has 1 heterocycles. The first-order valence-corrected chi connectivity index (χ1v) is 13.7. The lowest BCUT2D eigenvalue weighted by molar-refractivity contribution is 0.340. The van der Waals surface area contributed by atoms with E-state index in [2.05, 4.69) is 15.5 Å². The molecular formula is C23H23N5O6S2. The summed E-state index contributed by atoms with van der Waals surface area (Å²) < 4.78 is 67.7. The van der Waals surface area contributed by atoms with Crippen LogP contribution < -0.4 is 13.2 Å². The molecule has 0 aliphatic rings. The zero-order valence-electron chi connectivity index (χ0n) is 19.4. The lowest BCUT2D eigenvalue weighted by Gasteiger charge is -2.24. The van der Waals surface area contributed by atoms with E-state index in [0.717, 1.165) is 0 Å². The van der Waals surface area contributed by atoms with E-state index in [1.165, 1.54) is 77.7 Å². The van der Waals surface area contributed by atoms with Gasteiger partial charge < -0.3 is 9.47 Å². The molecule has 0 N–H and O–H groups in total. The zero-order chi connectivity index (χ0) is 25.8. The summed E-state index contributed by atoms with van der Waals surface area (Å²) in [6.07, 6.45) is 1.31. The Kier molecular flexibility index (Phi) is 7.22. The Hall–Kier alpha value is -3.97. The Labute approximate surface area is 209 Å². The zero-order valence-corrected chi connectivity index (χ0v) is 21.1. The molecule has 0 fully saturated rings. The number of anilines is 1. The van der Waals surface area contributed by atoms with Crippen LogP contribution in [0.1, 0.15) is 13.8 Å². The summed E-state index contributed by atoms with van der Waals surface area (Å²) >= 11 is 0. The molecule has 0 atom stereocenters. The Morgan fingerprint density at radius 3 is 1.75 bits per heavy atom. The van der Waals surface area contributed by atoms with Gasteiger partial charge in [0.1, 0.15) is 17.8 Å². The number of hydrogen-bond acceptors (Lipinski definition) is 9. The van der Waals surface area contributed by atoms with Gasteiger partial charge in [-0.1, -0.05) is 6.07 Å². The minimum absolute atomic E-state index is 0.120. The second-order valence-corrected chi connectivity index (χ2v) is 11.1. The number of aromatic nitrogens is 4. The number of hydrogen-bond donors (Lipinski definition) is 0. The molecule has 3 aromatic carbocycles. The van der Waals surface area contributed by atoms with Gasteiger partial charge in [0.15, 0.2) is 0 Å². The Morgan fingerprint density at radius 2 is 1.31 bits per heavy atom. The Balaban J connectivity index is 1.87. The van der Waals surface area contributed by atoms with Crippen molar-refractivity contribution in [3.63, 3.8) is 0 Å². The van der Waals surface area contributed by atoms with Crippen molar-refractivity contribution in [3.05, 3.63) is 79.1 Å². The van der Waals surface area contributed by atoms with Crippen molar-refractivity contribution < 1.29 is 26.3 Å². The lowest BCUT2D eigenvalue weighted by atomic mass is 10.3. The van der Waals surface area contributed by atoms with Crippen molar-refractivity contribution in [1.82, 2.24) is 20.2 Å². The number of nitrogens with zero attached hydrogens (tertiary/aromatic N) is 5. The molecule has 0 saturated heterocycles. The molecule has 1 aromatic heterocycles. The van der Waals surface area contributed by atoms with Gasteiger partial charge in [0, 0.05) is 0 Å². The van der Waals surface area contributed by atoms with E-state index in [0.29, 0.717) is 34.1 Å². The van der Waals surface area contributed by atoms with Gasteiger partial charge in [0.25, 0.3) is 20.0 Å². The van der Waals surface area contributed by atoms with Crippen LogP contribution in [0.5, 0.6) is 11.5 Å². The van der Waals surface area contributed by atoms with E-state index in [1.54, 1.807) is 19.9 Å². The topological polar surface area (TPSA) is 134 Å². The molecular weight excluding hydrogens is 506 g/mol. The molecule has 11 nitrogen and oxygen atoms in total. The summed E-state index contributed by atoms with van der Waals surface area (Å²) in [5, 5.41) is 10.9. The molecule has 0 amide bonds. The maximum absolute atomic E-state index is 13.8. The van der Waals surface area contributed by atoms with Gasteiger partial charge in [-0.05, 0) is 91.0 Å². The highest BCUT2D eigenvalue weighted by Crippen LogP contribution is 2.33. The first-order chi connectivity index (χ1) is 17.3. The van der Waals surface area contributed by atoms with Crippen LogP contribution >= 0.6 is 0 Å².